The molecule has 1 atom stereocenters. The van der Waals surface area contributed by atoms with E-state index in [0.29, 0.717) is 0 Å². The van der Waals surface area contributed by atoms with Gasteiger partial charge in [0.25, 0.3) is 0 Å². The van der Waals surface area contributed by atoms with E-state index in [0.717, 1.165) is 38.6 Å². The number of nitrogens with zero attached hydrogens (tertiary/aromatic N) is 1. The Bertz CT molecular complexity index is 224. The van der Waals surface area contributed by atoms with Crippen LogP contribution < -0.4 is 5.32 Å². The third-order valence-electron chi connectivity index (χ3n) is 4.24. The first-order valence-corrected chi connectivity index (χ1v) is 8.04. The summed E-state index contributed by atoms with van der Waals surface area (Å²) in [6.07, 6.45) is 6.24. The summed E-state index contributed by atoms with van der Waals surface area (Å²) >= 11 is 0. The Hall–Kier alpha value is -0.160. The lowest BCUT2D eigenvalue weighted by Gasteiger charge is -2.32. The standard InChI is InChI=1S/C15H30N2O2/c1-2-16-13-14-6-8-17(9-7-14)10-12-19-15-5-3-4-11-18-15/h14-16H,2-13H2,1H3. The van der Waals surface area contributed by atoms with Gasteiger partial charge in [0, 0.05) is 13.2 Å². The van der Waals surface area contributed by atoms with E-state index in [2.05, 4.69) is 17.1 Å². The van der Waals surface area contributed by atoms with Gasteiger partial charge in [-0.1, -0.05) is 6.92 Å². The highest BCUT2D eigenvalue weighted by Crippen LogP contribution is 2.17. The molecule has 0 aromatic heterocycles. The van der Waals surface area contributed by atoms with Crippen molar-refractivity contribution in [2.24, 2.45) is 5.92 Å². The van der Waals surface area contributed by atoms with Crippen molar-refractivity contribution in [3.05, 3.63) is 0 Å². The maximum atomic E-state index is 5.80. The molecule has 0 bridgehead atoms. The number of nitrogens with one attached hydrogen (secondary N) is 1. The van der Waals surface area contributed by atoms with Gasteiger partial charge in [-0.3, -0.25) is 0 Å². The first-order chi connectivity index (χ1) is 9.38. The van der Waals surface area contributed by atoms with E-state index in [1.54, 1.807) is 0 Å². The van der Waals surface area contributed by atoms with Crippen LogP contribution in [0.5, 0.6) is 0 Å². The van der Waals surface area contributed by atoms with Crippen molar-refractivity contribution in [1.82, 2.24) is 10.2 Å². The second-order valence-electron chi connectivity index (χ2n) is 5.76. The molecule has 2 aliphatic rings. The Morgan fingerprint density at radius 2 is 2.05 bits per heavy atom. The van der Waals surface area contributed by atoms with E-state index < -0.39 is 0 Å². The molecule has 0 saturated carbocycles. The maximum Gasteiger partial charge on any atom is 0.157 e. The van der Waals surface area contributed by atoms with Gasteiger partial charge in [0.05, 0.1) is 6.61 Å². The quantitative estimate of drug-likeness (QED) is 0.765. The lowest BCUT2D eigenvalue weighted by molar-refractivity contribution is -0.164. The third-order valence-corrected chi connectivity index (χ3v) is 4.24. The van der Waals surface area contributed by atoms with Crippen molar-refractivity contribution < 1.29 is 9.47 Å². The molecule has 112 valence electrons. The van der Waals surface area contributed by atoms with Gasteiger partial charge < -0.3 is 19.7 Å². The summed E-state index contributed by atoms with van der Waals surface area (Å²) in [6, 6.07) is 0. The summed E-state index contributed by atoms with van der Waals surface area (Å²) < 4.78 is 11.4. The molecule has 2 heterocycles. The maximum absolute atomic E-state index is 5.80. The van der Waals surface area contributed by atoms with Gasteiger partial charge in [0.2, 0.25) is 0 Å². The minimum absolute atomic E-state index is 0.0695. The molecule has 2 saturated heterocycles. The summed E-state index contributed by atoms with van der Waals surface area (Å²) in [5.41, 5.74) is 0. The highest BCUT2D eigenvalue weighted by molar-refractivity contribution is 4.73. The second-order valence-corrected chi connectivity index (χ2v) is 5.76. The van der Waals surface area contributed by atoms with E-state index in [1.165, 1.54) is 45.3 Å². The lowest BCUT2D eigenvalue weighted by Crippen LogP contribution is -2.39. The molecule has 19 heavy (non-hydrogen) atoms. The van der Waals surface area contributed by atoms with Gasteiger partial charge in [-0.25, -0.2) is 0 Å². The monoisotopic (exact) mass is 270 g/mol. The van der Waals surface area contributed by atoms with Crippen LogP contribution >= 0.6 is 0 Å². The highest BCUT2D eigenvalue weighted by atomic mass is 16.7. The summed E-state index contributed by atoms with van der Waals surface area (Å²) in [4.78, 5) is 2.53. The summed E-state index contributed by atoms with van der Waals surface area (Å²) in [5.74, 6) is 0.874. The van der Waals surface area contributed by atoms with Crippen LogP contribution in [0.2, 0.25) is 0 Å². The first-order valence-electron chi connectivity index (χ1n) is 8.04. The Kier molecular flexibility index (Phi) is 7.14. The Balaban J connectivity index is 1.50. The smallest absolute Gasteiger partial charge is 0.157 e. The molecule has 2 aliphatic heterocycles. The van der Waals surface area contributed by atoms with Crippen LogP contribution in [0.15, 0.2) is 0 Å². The van der Waals surface area contributed by atoms with E-state index in [1.807, 2.05) is 0 Å². The van der Waals surface area contributed by atoms with Gasteiger partial charge in [0.15, 0.2) is 6.29 Å². The molecular formula is C15H30N2O2. The molecule has 0 radical (unpaired) electrons. The summed E-state index contributed by atoms with van der Waals surface area (Å²) in [5, 5.41) is 3.46. The van der Waals surface area contributed by atoms with Crippen LogP contribution in [-0.2, 0) is 9.47 Å². The van der Waals surface area contributed by atoms with Gasteiger partial charge >= 0.3 is 0 Å². The van der Waals surface area contributed by atoms with Crippen molar-refractivity contribution in [3.63, 3.8) is 0 Å². The van der Waals surface area contributed by atoms with Crippen molar-refractivity contribution >= 4 is 0 Å². The number of ether oxygens (including phenoxy) is 2. The number of hydrogen-bond donors (Lipinski definition) is 1. The fraction of sp³-hybridized carbons (Fsp3) is 1.00. The Morgan fingerprint density at radius 1 is 1.21 bits per heavy atom. The van der Waals surface area contributed by atoms with Crippen molar-refractivity contribution in [2.75, 3.05) is 45.9 Å². The fourth-order valence-corrected chi connectivity index (χ4v) is 2.92. The second kappa shape index (κ2) is 8.90. The van der Waals surface area contributed by atoms with Crippen LogP contribution in [0.3, 0.4) is 0 Å². The normalized spacial score (nSPS) is 26.7. The number of likely N-dealkylation sites (tertiary alicyclic amines) is 1. The van der Waals surface area contributed by atoms with Gasteiger partial charge in [-0.05, 0) is 64.2 Å². The van der Waals surface area contributed by atoms with E-state index >= 15 is 0 Å². The number of rotatable bonds is 7. The highest BCUT2D eigenvalue weighted by Gasteiger charge is 2.19. The number of piperidine rings is 1. The molecule has 2 fully saturated rings. The molecule has 2 rings (SSSR count). The molecule has 1 N–H and O–H groups in total. The lowest BCUT2D eigenvalue weighted by atomic mass is 9.97. The minimum Gasteiger partial charge on any atom is -0.353 e. The van der Waals surface area contributed by atoms with Crippen LogP contribution in [0.4, 0.5) is 0 Å². The van der Waals surface area contributed by atoms with E-state index in [9.17, 15) is 0 Å². The predicted octanol–water partition coefficient (Wildman–Crippen LogP) is 1.85. The Labute approximate surface area is 117 Å². The molecule has 0 amide bonds. The molecule has 1 unspecified atom stereocenters. The molecule has 0 aliphatic carbocycles. The largest absolute Gasteiger partial charge is 0.353 e. The minimum atomic E-state index is 0.0695. The van der Waals surface area contributed by atoms with Crippen LogP contribution in [0.1, 0.15) is 39.0 Å². The topological polar surface area (TPSA) is 33.7 Å². The number of hydrogen-bond acceptors (Lipinski definition) is 4. The van der Waals surface area contributed by atoms with Gasteiger partial charge in [-0.15, -0.1) is 0 Å². The molecule has 4 heteroatoms. The first kappa shape index (κ1) is 15.2. The zero-order chi connectivity index (χ0) is 13.3. The van der Waals surface area contributed by atoms with Crippen molar-refractivity contribution in [3.8, 4) is 0 Å². The molecule has 4 nitrogen and oxygen atoms in total. The van der Waals surface area contributed by atoms with Crippen LogP contribution in [0, 0.1) is 5.92 Å². The molecule has 0 aromatic rings. The molecule has 0 aromatic carbocycles. The fourth-order valence-electron chi connectivity index (χ4n) is 2.92. The molecular weight excluding hydrogens is 240 g/mol. The third kappa shape index (κ3) is 5.78. The van der Waals surface area contributed by atoms with Gasteiger partial charge in [-0.2, -0.15) is 0 Å². The van der Waals surface area contributed by atoms with Gasteiger partial charge in [0.1, 0.15) is 0 Å². The average molecular weight is 270 g/mol. The van der Waals surface area contributed by atoms with Crippen LogP contribution in [-0.4, -0.2) is 57.1 Å². The SMILES string of the molecule is CCNCC1CCN(CCOC2CCCCO2)CC1. The van der Waals surface area contributed by atoms with Crippen molar-refractivity contribution in [1.29, 1.82) is 0 Å². The zero-order valence-electron chi connectivity index (χ0n) is 12.4. The summed E-state index contributed by atoms with van der Waals surface area (Å²) in [7, 11) is 0. The zero-order valence-corrected chi connectivity index (χ0v) is 12.4. The van der Waals surface area contributed by atoms with Crippen molar-refractivity contribution in [2.45, 2.75) is 45.3 Å². The predicted molar refractivity (Wildman–Crippen MR) is 77.3 cm³/mol. The molecule has 0 spiro atoms. The Morgan fingerprint density at radius 3 is 2.74 bits per heavy atom. The van der Waals surface area contributed by atoms with E-state index in [4.69, 9.17) is 9.47 Å². The summed E-state index contributed by atoms with van der Waals surface area (Å²) in [6.45, 7) is 9.68. The average Bonchev–Trinajstić information content (AvgIpc) is 2.47. The van der Waals surface area contributed by atoms with Crippen LogP contribution in [0.25, 0.3) is 0 Å². The van der Waals surface area contributed by atoms with E-state index in [-0.39, 0.29) is 6.29 Å².